The van der Waals surface area contributed by atoms with Crippen LogP contribution in [0.3, 0.4) is 0 Å². The van der Waals surface area contributed by atoms with E-state index in [-0.39, 0.29) is 129 Å². The predicted molar refractivity (Wildman–Crippen MR) is 390 cm³/mol. The Bertz CT molecular complexity index is 3320. The molecule has 0 aromatic carbocycles. The Kier molecular flexibility index (Phi) is 31.1. The van der Waals surface area contributed by atoms with Crippen LogP contribution in [0.5, 0.6) is 0 Å². The number of hydrogen-bond donors (Lipinski definition) is 3. The van der Waals surface area contributed by atoms with E-state index in [1.165, 1.54) is 61.9 Å². The number of nitrogens with one attached hydrogen (secondary N) is 3. The van der Waals surface area contributed by atoms with Gasteiger partial charge in [-0.25, -0.2) is 8.78 Å². The summed E-state index contributed by atoms with van der Waals surface area (Å²) >= 11 is 0. The maximum atomic E-state index is 15.7. The quantitative estimate of drug-likeness (QED) is 0.138. The highest BCUT2D eigenvalue weighted by Crippen LogP contribution is 2.46. The van der Waals surface area contributed by atoms with E-state index >= 15 is 51.9 Å². The average Bonchev–Trinajstić information content (AvgIpc) is 1.70. The van der Waals surface area contributed by atoms with E-state index in [1.54, 1.807) is 32.9 Å². The number of likely N-dealkylation sites (N-methyl/N-ethyl adjacent to an activating group) is 6. The van der Waals surface area contributed by atoms with Crippen LogP contribution in [0.2, 0.25) is 0 Å². The lowest BCUT2D eigenvalue weighted by atomic mass is 9.74. The second-order valence-corrected chi connectivity index (χ2v) is 32.9. The highest BCUT2D eigenvalue weighted by atomic mass is 19.4. The number of halogens is 8. The molecule has 1 spiro atoms. The minimum absolute atomic E-state index is 0.00638. The highest BCUT2D eigenvalue weighted by molar-refractivity contribution is 6.01. The lowest BCUT2D eigenvalue weighted by Gasteiger charge is -2.47. The van der Waals surface area contributed by atoms with Crippen LogP contribution >= 0.6 is 0 Å². The Morgan fingerprint density at radius 1 is 0.631 bits per heavy atom. The van der Waals surface area contributed by atoms with Crippen molar-refractivity contribution in [3.8, 4) is 0 Å². The first-order valence-corrected chi connectivity index (χ1v) is 39.9. The number of ether oxygens (including phenoxy) is 2. The molecule has 3 N–H and O–H groups in total. The third kappa shape index (κ3) is 21.8. The summed E-state index contributed by atoms with van der Waals surface area (Å²) in [4.78, 5) is 193. The van der Waals surface area contributed by atoms with Crippen molar-refractivity contribution in [1.29, 1.82) is 0 Å². The normalized spacial score (nSPS) is 32.3. The Morgan fingerprint density at radius 2 is 1.26 bits per heavy atom. The number of carbonyl (C=O) groups is 12. The topological polar surface area (TPSA) is 289 Å². The first-order valence-electron chi connectivity index (χ1n) is 39.9. The molecule has 12 amide bonds. The Morgan fingerprint density at radius 3 is 1.84 bits per heavy atom. The summed E-state index contributed by atoms with van der Waals surface area (Å²) in [6.07, 6.45) is -13.3. The molecule has 4 heterocycles. The van der Waals surface area contributed by atoms with Gasteiger partial charge in [-0.2, -0.15) is 26.3 Å². The summed E-state index contributed by atoms with van der Waals surface area (Å²) in [6, 6.07) is -11.4. The zero-order chi connectivity index (χ0) is 81.9. The molecule has 0 aromatic heterocycles. The molecule has 626 valence electrons. The molecule has 7 fully saturated rings. The van der Waals surface area contributed by atoms with E-state index in [4.69, 9.17) is 9.47 Å². The van der Waals surface area contributed by atoms with Crippen molar-refractivity contribution in [3.05, 3.63) is 12.2 Å². The van der Waals surface area contributed by atoms with Crippen LogP contribution in [-0.4, -0.2) is 301 Å². The van der Waals surface area contributed by atoms with Gasteiger partial charge in [-0.3, -0.25) is 57.5 Å². The monoisotopic (exact) mass is 1590 g/mol. The maximum Gasteiger partial charge on any atom is 0.397 e. The maximum absolute atomic E-state index is 15.7. The standard InChI is InChI=1S/C77H118F8N12O14/c1-12-46(5)64-72(107)90(7)44-62(100)91(8)55-22-15-14-18-31-96(71(55)106)59(39-47-23-26-50(27-24-47)76(80,81)82)69(104)89(6)43-60(98)86-54(28-25-48-37-52(78)63(53(79)38-48)77(83,84)85)68(103)97-42-51(111-13-2)40-57(97)67(102)88-75(29-19-30-75)74(109)94(11)65(49-20-16-17-21-49)73(108)93(10)58(70(105)95-32-34-110-35-33-95)41-61(99)92(9)56(36-45(3)4)66(101)87-64/h14-15,45-59,63-65H,12-13,16-44H2,1-11H3,(H,86,98)(H,87,101)(H,88,102)/b15-14-/t46-,47?,48?,50?,51+,52?,53?,54-,55?,56-,57-,58-,59-,63?,64-,65-/m0/s1. The van der Waals surface area contributed by atoms with E-state index in [0.717, 1.165) is 24.5 Å². The van der Waals surface area contributed by atoms with E-state index in [0.29, 0.717) is 38.5 Å². The molecule has 2 bridgehead atoms. The van der Waals surface area contributed by atoms with Crippen molar-refractivity contribution in [1.82, 2.24) is 60.0 Å². The zero-order valence-electron chi connectivity index (χ0n) is 66.2. The van der Waals surface area contributed by atoms with Gasteiger partial charge in [0.2, 0.25) is 70.9 Å². The molecule has 34 heteroatoms. The second kappa shape index (κ2) is 38.7. The van der Waals surface area contributed by atoms with Crippen LogP contribution in [0.15, 0.2) is 12.2 Å². The number of carbonyl (C=O) groups excluding carboxylic acids is 12. The molecule has 3 saturated heterocycles. The Balaban J connectivity index is 1.21. The predicted octanol–water partition coefficient (Wildman–Crippen LogP) is 6.12. The molecular formula is C77H118F8N12O14. The number of nitrogens with zero attached hydrogens (tertiary/aromatic N) is 9. The van der Waals surface area contributed by atoms with Gasteiger partial charge in [0.25, 0.3) is 0 Å². The van der Waals surface area contributed by atoms with E-state index < -0.39 is 230 Å². The number of fused-ring (bicyclic) bond motifs is 3. The van der Waals surface area contributed by atoms with Gasteiger partial charge >= 0.3 is 12.4 Å². The summed E-state index contributed by atoms with van der Waals surface area (Å²) in [5.74, 6) is -17.0. The molecule has 4 aliphatic heterocycles. The molecule has 4 aliphatic carbocycles. The van der Waals surface area contributed by atoms with Crippen LogP contribution in [0.1, 0.15) is 176 Å². The first kappa shape index (κ1) is 89.3. The molecule has 0 aromatic rings. The summed E-state index contributed by atoms with van der Waals surface area (Å²) in [6.45, 7) is 7.37. The summed E-state index contributed by atoms with van der Waals surface area (Å²) in [5, 5.41) is 8.45. The van der Waals surface area contributed by atoms with Crippen LogP contribution in [0, 0.1) is 41.4 Å². The van der Waals surface area contributed by atoms with Crippen molar-refractivity contribution in [2.24, 2.45) is 41.4 Å². The molecule has 111 heavy (non-hydrogen) atoms. The van der Waals surface area contributed by atoms with Crippen LogP contribution in [-0.2, 0) is 67.0 Å². The van der Waals surface area contributed by atoms with Gasteiger partial charge in [0.1, 0.15) is 72.1 Å². The lowest BCUT2D eigenvalue weighted by molar-refractivity contribution is -0.219. The summed E-state index contributed by atoms with van der Waals surface area (Å²) < 4.78 is 127. The molecule has 0 radical (unpaired) electrons. The minimum Gasteiger partial charge on any atom is -0.378 e. The molecule has 8 rings (SSSR count). The van der Waals surface area contributed by atoms with Gasteiger partial charge in [-0.1, -0.05) is 59.1 Å². The number of rotatable bonds is 13. The SMILES string of the molecule is CCO[C@@H]1C[C@H]2C(=O)NC3(CCC3)C(=O)N(C)[C@@H](C3CCCC3)C(=O)N(C)[C@H](C(=O)N3CCOCC3)CC(=O)N(C)[C@@H](CC(C)C)C(=O)N[C@@H]([C@@H](C)CC)C(=O)N(C)CC(=O)N(C)C3C/C=C\CCN(C3=O)[C@@H](CC3CCC(C(F)(F)F)CC3)C(=O)N(C)CC(=O)N[C@@H](CCC3CC(F)C(C(F)(F)F)C(F)C3)C(=O)N2C1. The number of amides is 12. The first-order chi connectivity index (χ1) is 52.2. The van der Waals surface area contributed by atoms with Crippen molar-refractivity contribution in [2.45, 2.75) is 261 Å². The third-order valence-electron chi connectivity index (χ3n) is 24.8. The summed E-state index contributed by atoms with van der Waals surface area (Å²) in [5.41, 5.74) is -1.70. The molecule has 3 unspecified atom stereocenters. The fraction of sp³-hybridized carbons (Fsp3) is 0.818. The smallest absolute Gasteiger partial charge is 0.378 e. The molecule has 4 saturated carbocycles. The molecule has 26 nitrogen and oxygen atoms in total. The van der Waals surface area contributed by atoms with Gasteiger partial charge in [0.15, 0.2) is 0 Å². The molecule has 12 atom stereocenters. The van der Waals surface area contributed by atoms with Crippen molar-refractivity contribution >= 4 is 70.9 Å². The van der Waals surface area contributed by atoms with E-state index in [1.807, 2.05) is 13.8 Å². The van der Waals surface area contributed by atoms with Gasteiger partial charge in [0, 0.05) is 81.5 Å². The van der Waals surface area contributed by atoms with Crippen molar-refractivity contribution in [3.63, 3.8) is 0 Å². The number of hydrogen-bond acceptors (Lipinski definition) is 14. The second-order valence-electron chi connectivity index (χ2n) is 32.9. The van der Waals surface area contributed by atoms with Crippen molar-refractivity contribution in [2.75, 3.05) is 101 Å². The summed E-state index contributed by atoms with van der Waals surface area (Å²) in [7, 11) is 8.04. The van der Waals surface area contributed by atoms with Crippen LogP contribution in [0.4, 0.5) is 35.1 Å². The van der Waals surface area contributed by atoms with Crippen LogP contribution in [0.25, 0.3) is 0 Å². The van der Waals surface area contributed by atoms with Gasteiger partial charge in [0.05, 0.1) is 44.7 Å². The average molecular weight is 1590 g/mol. The van der Waals surface area contributed by atoms with Gasteiger partial charge in [-0.15, -0.1) is 0 Å². The minimum atomic E-state index is -5.22. The van der Waals surface area contributed by atoms with E-state index in [2.05, 4.69) is 16.0 Å². The lowest BCUT2D eigenvalue weighted by Crippen LogP contribution is -2.68. The van der Waals surface area contributed by atoms with Gasteiger partial charge < -0.3 is 69.5 Å². The third-order valence-corrected chi connectivity index (χ3v) is 24.8. The molecule has 8 aliphatic rings. The fourth-order valence-corrected chi connectivity index (χ4v) is 17.7. The number of alkyl halides is 8. The van der Waals surface area contributed by atoms with Crippen molar-refractivity contribution < 1.29 is 102 Å². The Hall–Kier alpha value is -7.26. The number of morpholine rings is 1. The Labute approximate surface area is 646 Å². The van der Waals surface area contributed by atoms with E-state index in [9.17, 15) is 40.7 Å². The van der Waals surface area contributed by atoms with Gasteiger partial charge in [-0.05, 0) is 146 Å². The largest absolute Gasteiger partial charge is 0.397 e. The highest BCUT2D eigenvalue weighted by Gasteiger charge is 2.56. The fourth-order valence-electron chi connectivity index (χ4n) is 17.7. The zero-order valence-corrected chi connectivity index (χ0v) is 66.2. The molecular weight excluding hydrogens is 1470 g/mol. The van der Waals surface area contributed by atoms with Crippen LogP contribution < -0.4 is 16.0 Å².